The maximum Gasteiger partial charge on any atom is 0.251 e. The van der Waals surface area contributed by atoms with Crippen LogP contribution in [0.25, 0.3) is 0 Å². The number of hydrogen-bond donors (Lipinski definition) is 2. The Kier molecular flexibility index (Phi) is 8.24. The number of carbonyl (C=O) groups is 2. The van der Waals surface area contributed by atoms with Crippen molar-refractivity contribution in [3.8, 4) is 0 Å². The van der Waals surface area contributed by atoms with Gasteiger partial charge >= 0.3 is 0 Å². The highest BCUT2D eigenvalue weighted by atomic mass is 35.5. The topological polar surface area (TPSA) is 74.3 Å². The summed E-state index contributed by atoms with van der Waals surface area (Å²) in [7, 11) is 0. The lowest BCUT2D eigenvalue weighted by atomic mass is 9.98. The number of nitrogens with one attached hydrogen (secondary N) is 2. The van der Waals surface area contributed by atoms with Crippen LogP contribution in [0.15, 0.2) is 29.6 Å². The summed E-state index contributed by atoms with van der Waals surface area (Å²) < 4.78 is 0. The van der Waals surface area contributed by atoms with Crippen LogP contribution >= 0.6 is 22.9 Å². The fourth-order valence-corrected chi connectivity index (χ4v) is 4.32. The van der Waals surface area contributed by atoms with E-state index >= 15 is 0 Å². The van der Waals surface area contributed by atoms with Gasteiger partial charge in [-0.3, -0.25) is 14.5 Å². The minimum Gasteiger partial charge on any atom is -0.340 e. The number of anilines is 1. The average Bonchev–Trinajstić information content (AvgIpc) is 3.19. The molecule has 6 nitrogen and oxygen atoms in total. The van der Waals surface area contributed by atoms with E-state index in [0.717, 1.165) is 31.7 Å². The van der Waals surface area contributed by atoms with Crippen LogP contribution in [0.3, 0.4) is 0 Å². The fourth-order valence-electron chi connectivity index (χ4n) is 3.49. The third kappa shape index (κ3) is 6.27. The Hall–Kier alpha value is -1.96. The van der Waals surface area contributed by atoms with Gasteiger partial charge in [0.15, 0.2) is 5.13 Å². The summed E-state index contributed by atoms with van der Waals surface area (Å²) >= 11 is 7.32. The number of rotatable bonds is 8. The summed E-state index contributed by atoms with van der Waals surface area (Å²) in [5, 5.41) is 8.89. The Morgan fingerprint density at radius 3 is 2.57 bits per heavy atom. The number of piperidine rings is 1. The molecule has 0 radical (unpaired) electrons. The van der Waals surface area contributed by atoms with Crippen molar-refractivity contribution < 1.29 is 9.59 Å². The van der Waals surface area contributed by atoms with Crippen LogP contribution in [0.1, 0.15) is 55.6 Å². The van der Waals surface area contributed by atoms with Crippen molar-refractivity contribution in [2.45, 2.75) is 52.1 Å². The normalized spacial score (nSPS) is 16.6. The first kappa shape index (κ1) is 22.7. The monoisotopic (exact) mass is 448 g/mol. The van der Waals surface area contributed by atoms with E-state index < -0.39 is 6.04 Å². The maximum atomic E-state index is 12.9. The van der Waals surface area contributed by atoms with Crippen molar-refractivity contribution in [2.75, 3.05) is 18.4 Å². The number of carbonyl (C=O) groups excluding carboxylic acids is 2. The van der Waals surface area contributed by atoms with Crippen molar-refractivity contribution in [3.05, 3.63) is 45.9 Å². The number of hydrogen-bond acceptors (Lipinski definition) is 5. The molecule has 1 aliphatic rings. The van der Waals surface area contributed by atoms with E-state index in [0.29, 0.717) is 15.7 Å². The second-order valence-electron chi connectivity index (χ2n) is 7.81. The van der Waals surface area contributed by atoms with E-state index in [-0.39, 0.29) is 17.7 Å². The molecule has 162 valence electrons. The zero-order chi connectivity index (χ0) is 21.5. The second-order valence-corrected chi connectivity index (χ2v) is 9.11. The number of halogens is 1. The molecule has 2 unspecified atom stereocenters. The van der Waals surface area contributed by atoms with Gasteiger partial charge in [0.25, 0.3) is 5.91 Å². The minimum absolute atomic E-state index is 0.0194. The van der Waals surface area contributed by atoms with E-state index in [4.69, 9.17) is 11.6 Å². The Balaban J connectivity index is 1.62. The summed E-state index contributed by atoms with van der Waals surface area (Å²) in [6.07, 6.45) is 4.53. The zero-order valence-electron chi connectivity index (χ0n) is 17.5. The third-order valence-corrected chi connectivity index (χ3v) is 6.56. The van der Waals surface area contributed by atoms with Gasteiger partial charge in [-0.25, -0.2) is 4.98 Å². The molecule has 2 N–H and O–H groups in total. The molecule has 1 fully saturated rings. The van der Waals surface area contributed by atoms with Gasteiger partial charge in [0, 0.05) is 22.5 Å². The molecule has 0 aliphatic carbocycles. The van der Waals surface area contributed by atoms with Gasteiger partial charge in [0.1, 0.15) is 6.04 Å². The minimum atomic E-state index is -0.646. The Bertz CT molecular complexity index is 849. The van der Waals surface area contributed by atoms with Gasteiger partial charge in [-0.1, -0.05) is 38.3 Å². The van der Waals surface area contributed by atoms with Gasteiger partial charge in [-0.15, -0.1) is 11.3 Å². The third-order valence-electron chi connectivity index (χ3n) is 5.50. The fraction of sp³-hybridized carbons (Fsp3) is 0.500. The number of thiazole rings is 1. The quantitative estimate of drug-likeness (QED) is 0.620. The van der Waals surface area contributed by atoms with E-state index in [1.165, 1.54) is 30.6 Å². The first-order valence-corrected chi connectivity index (χ1v) is 11.8. The maximum absolute atomic E-state index is 12.9. The lowest BCUT2D eigenvalue weighted by molar-refractivity contribution is -0.119. The van der Waals surface area contributed by atoms with Crippen LogP contribution < -0.4 is 10.6 Å². The summed E-state index contributed by atoms with van der Waals surface area (Å²) in [6.45, 7) is 6.97. The molecule has 2 heterocycles. The first-order chi connectivity index (χ1) is 14.5. The summed E-state index contributed by atoms with van der Waals surface area (Å²) in [6, 6.07) is 5.98. The zero-order valence-corrected chi connectivity index (χ0v) is 19.1. The molecule has 3 rings (SSSR count). The Morgan fingerprint density at radius 2 is 1.90 bits per heavy atom. The molecule has 8 heteroatoms. The van der Waals surface area contributed by atoms with Crippen molar-refractivity contribution in [1.29, 1.82) is 0 Å². The van der Waals surface area contributed by atoms with Crippen LogP contribution in [0, 0.1) is 5.92 Å². The highest BCUT2D eigenvalue weighted by Gasteiger charge is 2.27. The van der Waals surface area contributed by atoms with E-state index in [1.54, 1.807) is 24.3 Å². The van der Waals surface area contributed by atoms with Gasteiger partial charge in [0.05, 0.1) is 5.69 Å². The van der Waals surface area contributed by atoms with Gasteiger partial charge < -0.3 is 10.6 Å². The molecule has 2 aromatic rings. The van der Waals surface area contributed by atoms with Crippen molar-refractivity contribution in [3.63, 3.8) is 0 Å². The smallest absolute Gasteiger partial charge is 0.251 e. The number of benzene rings is 1. The van der Waals surface area contributed by atoms with Crippen molar-refractivity contribution in [1.82, 2.24) is 15.2 Å². The highest BCUT2D eigenvalue weighted by molar-refractivity contribution is 7.13. The molecule has 0 spiro atoms. The summed E-state index contributed by atoms with van der Waals surface area (Å²) in [4.78, 5) is 32.5. The highest BCUT2D eigenvalue weighted by Crippen LogP contribution is 2.20. The first-order valence-electron chi connectivity index (χ1n) is 10.5. The molecule has 2 amide bonds. The molecule has 1 aliphatic heterocycles. The second kappa shape index (κ2) is 10.9. The van der Waals surface area contributed by atoms with Crippen molar-refractivity contribution in [2.24, 2.45) is 5.92 Å². The van der Waals surface area contributed by atoms with Crippen LogP contribution in [0.5, 0.6) is 0 Å². The number of aromatic nitrogens is 1. The van der Waals surface area contributed by atoms with Crippen LogP contribution in [-0.4, -0.2) is 40.8 Å². The molecular weight excluding hydrogens is 420 g/mol. The predicted molar refractivity (Wildman–Crippen MR) is 122 cm³/mol. The van der Waals surface area contributed by atoms with E-state index in [1.807, 2.05) is 19.2 Å². The van der Waals surface area contributed by atoms with Crippen LogP contribution in [0.2, 0.25) is 5.02 Å². The van der Waals surface area contributed by atoms with Gasteiger partial charge in [-0.05, 0) is 56.1 Å². The number of likely N-dealkylation sites (tertiary alicyclic amines) is 1. The average molecular weight is 449 g/mol. The molecule has 30 heavy (non-hydrogen) atoms. The lowest BCUT2D eigenvalue weighted by Crippen LogP contribution is -2.47. The van der Waals surface area contributed by atoms with Gasteiger partial charge in [0.2, 0.25) is 5.91 Å². The molecule has 2 atom stereocenters. The SMILES string of the molecule is CCC(C)C(NC(=O)c1ccc(Cl)cc1)C(=O)Nc1nc(CN2CCCCC2)cs1. The molecule has 0 bridgehead atoms. The van der Waals surface area contributed by atoms with E-state index in [9.17, 15) is 9.59 Å². The predicted octanol–water partition coefficient (Wildman–Crippen LogP) is 4.57. The summed E-state index contributed by atoms with van der Waals surface area (Å²) in [5.74, 6) is -0.559. The van der Waals surface area contributed by atoms with Crippen LogP contribution in [-0.2, 0) is 11.3 Å². The number of amides is 2. The summed E-state index contributed by atoms with van der Waals surface area (Å²) in [5.41, 5.74) is 1.45. The van der Waals surface area contributed by atoms with E-state index in [2.05, 4.69) is 20.5 Å². The lowest BCUT2D eigenvalue weighted by Gasteiger charge is -2.25. The molecule has 1 aromatic heterocycles. The largest absolute Gasteiger partial charge is 0.340 e. The Morgan fingerprint density at radius 1 is 1.20 bits per heavy atom. The van der Waals surface area contributed by atoms with Gasteiger partial charge in [-0.2, -0.15) is 0 Å². The number of nitrogens with zero attached hydrogens (tertiary/aromatic N) is 2. The van der Waals surface area contributed by atoms with Crippen molar-refractivity contribution >= 4 is 39.9 Å². The molecule has 1 saturated heterocycles. The standard InChI is InChI=1S/C22H29ClN4O2S/c1-3-15(2)19(25-20(28)16-7-9-17(23)10-8-16)21(29)26-22-24-18(14-30-22)13-27-11-5-4-6-12-27/h7-10,14-15,19H,3-6,11-13H2,1-2H3,(H,25,28)(H,24,26,29). The Labute approximate surface area is 187 Å². The molecule has 0 saturated carbocycles. The molecular formula is C22H29ClN4O2S. The molecule has 1 aromatic carbocycles. The van der Waals surface area contributed by atoms with Crippen LogP contribution in [0.4, 0.5) is 5.13 Å².